The third-order valence-corrected chi connectivity index (χ3v) is 2.84. The molecule has 1 amide bonds. The van der Waals surface area contributed by atoms with Crippen LogP contribution in [0.1, 0.15) is 35.1 Å². The van der Waals surface area contributed by atoms with E-state index in [1.165, 1.54) is 0 Å². The summed E-state index contributed by atoms with van der Waals surface area (Å²) in [7, 11) is 0. The van der Waals surface area contributed by atoms with E-state index in [4.69, 9.17) is 4.52 Å². The Morgan fingerprint density at radius 1 is 1.53 bits per heavy atom. The van der Waals surface area contributed by atoms with E-state index in [0.717, 1.165) is 0 Å². The van der Waals surface area contributed by atoms with Gasteiger partial charge >= 0.3 is 0 Å². The van der Waals surface area contributed by atoms with Gasteiger partial charge in [-0.1, -0.05) is 5.16 Å². The Hall–Kier alpha value is -1.95. The average molecular weight is 263 g/mol. The van der Waals surface area contributed by atoms with Crippen molar-refractivity contribution < 1.29 is 14.4 Å². The highest BCUT2D eigenvalue weighted by atomic mass is 16.5. The summed E-state index contributed by atoms with van der Waals surface area (Å²) in [5, 5.41) is 16.4. The van der Waals surface area contributed by atoms with E-state index in [9.17, 15) is 9.90 Å². The molecule has 2 heterocycles. The molecule has 0 radical (unpaired) electrons. The first-order chi connectivity index (χ1) is 8.99. The minimum atomic E-state index is -0.433. The van der Waals surface area contributed by atoms with Crippen LogP contribution in [0.15, 0.2) is 10.6 Å². The Morgan fingerprint density at radius 2 is 2.26 bits per heavy atom. The van der Waals surface area contributed by atoms with Gasteiger partial charge in [-0.05, 0) is 33.3 Å². The molecule has 0 aliphatic carbocycles. The summed E-state index contributed by atoms with van der Waals surface area (Å²) in [5.74, 6) is -0.206. The number of aliphatic hydroxyl groups excluding tert-OH is 1. The summed E-state index contributed by atoms with van der Waals surface area (Å²) < 4.78 is 5.08. The van der Waals surface area contributed by atoms with E-state index in [-0.39, 0.29) is 5.91 Å². The zero-order chi connectivity index (χ0) is 14.0. The maximum atomic E-state index is 12.2. The first-order valence-electron chi connectivity index (χ1n) is 6.19. The van der Waals surface area contributed by atoms with Crippen LogP contribution in [0.25, 0.3) is 11.1 Å². The minimum Gasteiger partial charge on any atom is -0.393 e. The van der Waals surface area contributed by atoms with Crippen molar-refractivity contribution in [2.24, 2.45) is 0 Å². The molecule has 0 aliphatic heterocycles. The molecule has 2 N–H and O–H groups in total. The van der Waals surface area contributed by atoms with Crippen LogP contribution in [0.5, 0.6) is 0 Å². The number of hydrogen-bond donors (Lipinski definition) is 2. The Morgan fingerprint density at radius 3 is 2.95 bits per heavy atom. The van der Waals surface area contributed by atoms with Gasteiger partial charge in [0.05, 0.1) is 22.7 Å². The lowest BCUT2D eigenvalue weighted by atomic mass is 10.1. The van der Waals surface area contributed by atoms with Crippen molar-refractivity contribution in [2.45, 2.75) is 33.3 Å². The maximum absolute atomic E-state index is 12.2. The number of aromatic nitrogens is 2. The molecule has 0 saturated carbocycles. The molecule has 19 heavy (non-hydrogen) atoms. The quantitative estimate of drug-likeness (QED) is 0.869. The number of pyridine rings is 1. The van der Waals surface area contributed by atoms with E-state index < -0.39 is 6.10 Å². The van der Waals surface area contributed by atoms with Crippen molar-refractivity contribution in [3.05, 3.63) is 23.0 Å². The van der Waals surface area contributed by atoms with Crippen molar-refractivity contribution in [1.82, 2.24) is 15.5 Å². The number of carbonyl (C=O) groups is 1. The number of nitrogens with one attached hydrogen (secondary N) is 1. The number of nitrogens with zero attached hydrogens (tertiary/aromatic N) is 2. The lowest BCUT2D eigenvalue weighted by Crippen LogP contribution is -2.26. The van der Waals surface area contributed by atoms with Crippen LogP contribution >= 0.6 is 0 Å². The van der Waals surface area contributed by atoms with E-state index in [1.54, 1.807) is 26.8 Å². The Labute approximate surface area is 110 Å². The van der Waals surface area contributed by atoms with Gasteiger partial charge in [0, 0.05) is 12.2 Å². The smallest absolute Gasteiger partial charge is 0.258 e. The van der Waals surface area contributed by atoms with Gasteiger partial charge in [-0.15, -0.1) is 0 Å². The Balaban J connectivity index is 2.28. The second-order valence-corrected chi connectivity index (χ2v) is 4.65. The highest BCUT2D eigenvalue weighted by Crippen LogP contribution is 2.21. The summed E-state index contributed by atoms with van der Waals surface area (Å²) in [5.41, 5.74) is 2.22. The summed E-state index contributed by atoms with van der Waals surface area (Å²) in [4.78, 5) is 16.4. The molecule has 2 aromatic heterocycles. The predicted molar refractivity (Wildman–Crippen MR) is 69.9 cm³/mol. The monoisotopic (exact) mass is 263 g/mol. The van der Waals surface area contributed by atoms with Gasteiger partial charge in [0.2, 0.25) is 0 Å². The molecule has 6 nitrogen and oxygen atoms in total. The molecule has 1 atom stereocenters. The number of aryl methyl sites for hydroxylation is 2. The van der Waals surface area contributed by atoms with Gasteiger partial charge in [-0.3, -0.25) is 4.79 Å². The summed E-state index contributed by atoms with van der Waals surface area (Å²) in [6, 6.07) is 1.71. The van der Waals surface area contributed by atoms with Crippen LogP contribution in [0.3, 0.4) is 0 Å². The molecule has 0 aromatic carbocycles. The Bertz CT molecular complexity index is 604. The van der Waals surface area contributed by atoms with Crippen LogP contribution in [0, 0.1) is 13.8 Å². The van der Waals surface area contributed by atoms with Crippen LogP contribution < -0.4 is 5.32 Å². The highest BCUT2D eigenvalue weighted by molar-refractivity contribution is 6.05. The van der Waals surface area contributed by atoms with E-state index >= 15 is 0 Å². The SMILES string of the molecule is Cc1cc(C(=O)NCCC(C)O)c2c(C)noc2n1. The number of amides is 1. The molecule has 0 fully saturated rings. The standard InChI is InChI=1S/C13H17N3O3/c1-7-6-10(12(18)14-5-4-8(2)17)11-9(3)16-19-13(11)15-7/h6,8,17H,4-5H2,1-3H3,(H,14,18). The molecule has 6 heteroatoms. The lowest BCUT2D eigenvalue weighted by Gasteiger charge is -2.08. The minimum absolute atomic E-state index is 0.206. The second kappa shape index (κ2) is 5.36. The summed E-state index contributed by atoms with van der Waals surface area (Å²) in [6.45, 7) is 5.67. The van der Waals surface area contributed by atoms with E-state index in [0.29, 0.717) is 41.0 Å². The average Bonchev–Trinajstić information content (AvgIpc) is 2.69. The van der Waals surface area contributed by atoms with Crippen molar-refractivity contribution in [1.29, 1.82) is 0 Å². The first kappa shape index (κ1) is 13.5. The fourth-order valence-corrected chi connectivity index (χ4v) is 1.89. The molecule has 2 rings (SSSR count). The summed E-state index contributed by atoms with van der Waals surface area (Å²) in [6.07, 6.45) is 0.0819. The Kier molecular flexibility index (Phi) is 3.80. The normalized spacial score (nSPS) is 12.6. The molecule has 102 valence electrons. The second-order valence-electron chi connectivity index (χ2n) is 4.65. The molecular formula is C13H17N3O3. The van der Waals surface area contributed by atoms with Crippen LogP contribution in [0.4, 0.5) is 0 Å². The van der Waals surface area contributed by atoms with Gasteiger partial charge in [0.1, 0.15) is 0 Å². The fraction of sp³-hybridized carbons (Fsp3) is 0.462. The van der Waals surface area contributed by atoms with Crippen LogP contribution in [-0.4, -0.2) is 33.8 Å². The van der Waals surface area contributed by atoms with Crippen molar-refractivity contribution >= 4 is 17.0 Å². The van der Waals surface area contributed by atoms with Gasteiger partial charge in [0.15, 0.2) is 0 Å². The molecule has 0 aliphatic rings. The topological polar surface area (TPSA) is 88.2 Å². The number of fused-ring (bicyclic) bond motifs is 1. The predicted octanol–water partition coefficient (Wildman–Crippen LogP) is 1.34. The van der Waals surface area contributed by atoms with Crippen LogP contribution in [-0.2, 0) is 0 Å². The van der Waals surface area contributed by atoms with Crippen molar-refractivity contribution in [3.8, 4) is 0 Å². The zero-order valence-electron chi connectivity index (χ0n) is 11.2. The molecule has 0 bridgehead atoms. The van der Waals surface area contributed by atoms with Crippen molar-refractivity contribution in [3.63, 3.8) is 0 Å². The third-order valence-electron chi connectivity index (χ3n) is 2.84. The maximum Gasteiger partial charge on any atom is 0.258 e. The number of rotatable bonds is 4. The number of carbonyl (C=O) groups excluding carboxylic acids is 1. The zero-order valence-corrected chi connectivity index (χ0v) is 11.2. The largest absolute Gasteiger partial charge is 0.393 e. The lowest BCUT2D eigenvalue weighted by molar-refractivity contribution is 0.0947. The van der Waals surface area contributed by atoms with Gasteiger partial charge in [-0.2, -0.15) is 0 Å². The first-order valence-corrected chi connectivity index (χ1v) is 6.19. The third kappa shape index (κ3) is 2.90. The molecule has 2 aromatic rings. The van der Waals surface area contributed by atoms with Crippen LogP contribution in [0.2, 0.25) is 0 Å². The number of hydrogen-bond acceptors (Lipinski definition) is 5. The molecular weight excluding hydrogens is 246 g/mol. The number of aliphatic hydroxyl groups is 1. The van der Waals surface area contributed by atoms with Crippen molar-refractivity contribution in [2.75, 3.05) is 6.54 Å². The molecule has 1 unspecified atom stereocenters. The van der Waals surface area contributed by atoms with Gasteiger partial charge < -0.3 is 14.9 Å². The van der Waals surface area contributed by atoms with Gasteiger partial charge in [-0.25, -0.2) is 4.98 Å². The molecule has 0 saturated heterocycles. The van der Waals surface area contributed by atoms with E-state index in [2.05, 4.69) is 15.5 Å². The van der Waals surface area contributed by atoms with Gasteiger partial charge in [0.25, 0.3) is 11.6 Å². The summed E-state index contributed by atoms with van der Waals surface area (Å²) >= 11 is 0. The molecule has 0 spiro atoms. The fourth-order valence-electron chi connectivity index (χ4n) is 1.89. The van der Waals surface area contributed by atoms with E-state index in [1.807, 2.05) is 0 Å². The highest BCUT2D eigenvalue weighted by Gasteiger charge is 2.17.